The van der Waals surface area contributed by atoms with E-state index in [0.29, 0.717) is 26.8 Å². The SMILES string of the molecule is N=C1/C(=C/c2ccc(-c3ccc(Cl)cc3)o2)C(=O)N=C2SC(c3ccccc3)=NN12. The van der Waals surface area contributed by atoms with Crippen LogP contribution in [0.3, 0.4) is 0 Å². The van der Waals surface area contributed by atoms with Crippen molar-refractivity contribution in [1.29, 1.82) is 5.41 Å². The Hall–Kier alpha value is -3.42. The van der Waals surface area contributed by atoms with Gasteiger partial charge in [0.2, 0.25) is 5.17 Å². The van der Waals surface area contributed by atoms with Crippen LogP contribution in [0.15, 0.2) is 86.8 Å². The van der Waals surface area contributed by atoms with E-state index in [9.17, 15) is 4.79 Å². The fraction of sp³-hybridized carbons (Fsp3) is 0. The zero-order valence-electron chi connectivity index (χ0n) is 15.4. The molecule has 6 nitrogen and oxygen atoms in total. The Morgan fingerprint density at radius 1 is 1.00 bits per heavy atom. The summed E-state index contributed by atoms with van der Waals surface area (Å²) in [6, 6.07) is 20.4. The lowest BCUT2D eigenvalue weighted by Crippen LogP contribution is -2.35. The molecule has 3 aromatic rings. The second-order valence-corrected chi connectivity index (χ2v) is 7.89. The highest BCUT2D eigenvalue weighted by molar-refractivity contribution is 8.27. The number of amidine groups is 2. The van der Waals surface area contributed by atoms with E-state index < -0.39 is 5.91 Å². The summed E-state index contributed by atoms with van der Waals surface area (Å²) in [4.78, 5) is 16.7. The number of rotatable bonds is 3. The first-order valence-electron chi connectivity index (χ1n) is 9.00. The average molecular weight is 433 g/mol. The molecule has 5 rings (SSSR count). The zero-order valence-corrected chi connectivity index (χ0v) is 16.9. The number of thioether (sulfide) groups is 1. The Balaban J connectivity index is 1.44. The summed E-state index contributed by atoms with van der Waals surface area (Å²) in [5.41, 5.74) is 1.89. The molecule has 1 aromatic heterocycles. The van der Waals surface area contributed by atoms with Gasteiger partial charge in [-0.15, -0.1) is 0 Å². The van der Waals surface area contributed by atoms with E-state index in [1.54, 1.807) is 24.3 Å². The standard InChI is InChI=1S/C22H13ClN4O2S/c23-15-8-6-13(7-9-15)18-11-10-16(29-18)12-17-19(24)27-22(25-20(17)28)30-21(26-27)14-4-2-1-3-5-14/h1-12,24H/b17-12-,24-19?. The van der Waals surface area contributed by atoms with Gasteiger partial charge in [0.15, 0.2) is 5.84 Å². The molecule has 0 radical (unpaired) electrons. The summed E-state index contributed by atoms with van der Waals surface area (Å²) in [5.74, 6) is 0.560. The molecule has 2 aromatic carbocycles. The number of furan rings is 1. The molecule has 1 amide bonds. The van der Waals surface area contributed by atoms with Crippen molar-refractivity contribution in [2.24, 2.45) is 10.1 Å². The molecule has 0 saturated carbocycles. The highest BCUT2D eigenvalue weighted by atomic mass is 35.5. The van der Waals surface area contributed by atoms with E-state index in [4.69, 9.17) is 21.4 Å². The van der Waals surface area contributed by atoms with Crippen molar-refractivity contribution in [3.8, 4) is 11.3 Å². The van der Waals surface area contributed by atoms with Crippen molar-refractivity contribution in [3.05, 3.63) is 88.6 Å². The Kier molecular flexibility index (Phi) is 4.61. The Bertz CT molecular complexity index is 1260. The maximum absolute atomic E-state index is 12.6. The van der Waals surface area contributed by atoms with Crippen LogP contribution in [0.1, 0.15) is 11.3 Å². The third-order valence-electron chi connectivity index (χ3n) is 4.52. The number of hydrogen-bond acceptors (Lipinski definition) is 5. The molecule has 0 spiro atoms. The number of aliphatic imine (C=N–C) groups is 1. The normalized spacial score (nSPS) is 17.2. The molecule has 1 N–H and O–H groups in total. The van der Waals surface area contributed by atoms with E-state index in [1.807, 2.05) is 42.5 Å². The molecule has 0 aliphatic carbocycles. The number of fused-ring (bicyclic) bond motifs is 1. The molecular weight excluding hydrogens is 420 g/mol. The van der Waals surface area contributed by atoms with Gasteiger partial charge in [-0.05, 0) is 54.2 Å². The second kappa shape index (κ2) is 7.44. The number of carbonyl (C=O) groups is 1. The summed E-state index contributed by atoms with van der Waals surface area (Å²) in [5, 5.41) is 16.0. The summed E-state index contributed by atoms with van der Waals surface area (Å²) >= 11 is 7.20. The number of amides is 1. The summed E-state index contributed by atoms with van der Waals surface area (Å²) in [6.45, 7) is 0. The Morgan fingerprint density at radius 2 is 1.77 bits per heavy atom. The first-order chi connectivity index (χ1) is 14.6. The van der Waals surface area contributed by atoms with Gasteiger partial charge in [0.25, 0.3) is 5.91 Å². The van der Waals surface area contributed by atoms with Gasteiger partial charge in [-0.1, -0.05) is 41.9 Å². The molecular formula is C22H13ClN4O2S. The molecule has 30 heavy (non-hydrogen) atoms. The highest BCUT2D eigenvalue weighted by Crippen LogP contribution is 2.31. The molecule has 146 valence electrons. The first-order valence-corrected chi connectivity index (χ1v) is 10.2. The van der Waals surface area contributed by atoms with Gasteiger partial charge in [-0.25, -0.2) is 0 Å². The maximum atomic E-state index is 12.6. The van der Waals surface area contributed by atoms with Crippen molar-refractivity contribution >= 4 is 51.4 Å². The lowest BCUT2D eigenvalue weighted by Gasteiger charge is -2.19. The predicted molar refractivity (Wildman–Crippen MR) is 120 cm³/mol. The van der Waals surface area contributed by atoms with Crippen LogP contribution >= 0.6 is 23.4 Å². The molecule has 0 atom stereocenters. The molecule has 3 heterocycles. The summed E-state index contributed by atoms with van der Waals surface area (Å²) in [7, 11) is 0. The highest BCUT2D eigenvalue weighted by Gasteiger charge is 2.36. The van der Waals surface area contributed by atoms with Gasteiger partial charge in [-0.2, -0.15) is 15.1 Å². The molecule has 0 fully saturated rings. The molecule has 0 saturated heterocycles. The van der Waals surface area contributed by atoms with Crippen molar-refractivity contribution in [3.63, 3.8) is 0 Å². The monoisotopic (exact) mass is 432 g/mol. The number of nitrogens with one attached hydrogen (secondary N) is 1. The summed E-state index contributed by atoms with van der Waals surface area (Å²) < 4.78 is 5.83. The van der Waals surface area contributed by atoms with E-state index in [-0.39, 0.29) is 11.4 Å². The van der Waals surface area contributed by atoms with Crippen LogP contribution in [0, 0.1) is 5.41 Å². The van der Waals surface area contributed by atoms with Gasteiger partial charge in [-0.3, -0.25) is 10.2 Å². The molecule has 2 aliphatic rings. The van der Waals surface area contributed by atoms with Crippen LogP contribution in [0.5, 0.6) is 0 Å². The lowest BCUT2D eigenvalue weighted by atomic mass is 10.1. The van der Waals surface area contributed by atoms with Crippen LogP contribution in [0.2, 0.25) is 5.02 Å². The topological polar surface area (TPSA) is 82.0 Å². The minimum Gasteiger partial charge on any atom is -0.457 e. The van der Waals surface area contributed by atoms with Crippen molar-refractivity contribution in [2.75, 3.05) is 0 Å². The minimum atomic E-state index is -0.493. The van der Waals surface area contributed by atoms with Gasteiger partial charge < -0.3 is 4.42 Å². The molecule has 0 unspecified atom stereocenters. The quantitative estimate of drug-likeness (QED) is 0.572. The predicted octanol–water partition coefficient (Wildman–Crippen LogP) is 5.27. The van der Waals surface area contributed by atoms with Crippen molar-refractivity contribution in [2.45, 2.75) is 0 Å². The summed E-state index contributed by atoms with van der Waals surface area (Å²) in [6.07, 6.45) is 1.52. The molecule has 8 heteroatoms. The molecule has 0 bridgehead atoms. The number of carbonyl (C=O) groups excluding carboxylic acids is 1. The van der Waals surface area contributed by atoms with Crippen LogP contribution in [0.25, 0.3) is 17.4 Å². The number of hydrogen-bond donors (Lipinski definition) is 1. The zero-order chi connectivity index (χ0) is 20.7. The van der Waals surface area contributed by atoms with Crippen molar-refractivity contribution < 1.29 is 9.21 Å². The third kappa shape index (κ3) is 3.38. The smallest absolute Gasteiger partial charge is 0.283 e. The number of nitrogens with zero attached hydrogens (tertiary/aromatic N) is 3. The van der Waals surface area contributed by atoms with E-state index >= 15 is 0 Å². The Morgan fingerprint density at radius 3 is 2.53 bits per heavy atom. The van der Waals surface area contributed by atoms with Crippen molar-refractivity contribution in [1.82, 2.24) is 5.01 Å². The van der Waals surface area contributed by atoms with Crippen LogP contribution in [-0.4, -0.2) is 27.0 Å². The maximum Gasteiger partial charge on any atom is 0.283 e. The van der Waals surface area contributed by atoms with Gasteiger partial charge in [0.05, 0.1) is 5.57 Å². The number of benzene rings is 2. The number of halogens is 1. The lowest BCUT2D eigenvalue weighted by molar-refractivity contribution is -0.114. The first kappa shape index (κ1) is 18.6. The minimum absolute atomic E-state index is 0.0344. The van der Waals surface area contributed by atoms with E-state index in [1.165, 1.54) is 22.8 Å². The second-order valence-electron chi connectivity index (χ2n) is 6.50. The molecule has 2 aliphatic heterocycles. The fourth-order valence-corrected chi connectivity index (χ4v) is 4.05. The number of hydrazone groups is 1. The van der Waals surface area contributed by atoms with Crippen LogP contribution in [0.4, 0.5) is 0 Å². The average Bonchev–Trinajstić information content (AvgIpc) is 3.40. The van der Waals surface area contributed by atoms with Crippen LogP contribution in [-0.2, 0) is 4.79 Å². The third-order valence-corrected chi connectivity index (χ3v) is 5.73. The van der Waals surface area contributed by atoms with Gasteiger partial charge >= 0.3 is 0 Å². The van der Waals surface area contributed by atoms with E-state index in [0.717, 1.165) is 11.1 Å². The van der Waals surface area contributed by atoms with Gasteiger partial charge in [0.1, 0.15) is 16.6 Å². The fourth-order valence-electron chi connectivity index (χ4n) is 3.03. The van der Waals surface area contributed by atoms with Crippen LogP contribution < -0.4 is 0 Å². The Labute approximate surface area is 181 Å². The largest absolute Gasteiger partial charge is 0.457 e. The van der Waals surface area contributed by atoms with E-state index in [2.05, 4.69) is 10.1 Å². The van der Waals surface area contributed by atoms with Gasteiger partial charge in [0, 0.05) is 16.1 Å².